The van der Waals surface area contributed by atoms with E-state index in [0.29, 0.717) is 6.61 Å². The van der Waals surface area contributed by atoms with Crippen LogP contribution in [0.25, 0.3) is 0 Å². The molecular weight excluding hydrogens is 241 g/mol. The van der Waals surface area contributed by atoms with E-state index < -0.39 is 7.12 Å². The van der Waals surface area contributed by atoms with Gasteiger partial charge in [-0.05, 0) is 47.4 Å². The maximum Gasteiger partial charge on any atom is 0.491 e. The highest BCUT2D eigenvalue weighted by Gasteiger charge is 2.27. The fourth-order valence-corrected chi connectivity index (χ4v) is 2.13. The van der Waals surface area contributed by atoms with Crippen molar-refractivity contribution in [2.45, 2.75) is 13.2 Å². The summed E-state index contributed by atoms with van der Waals surface area (Å²) in [6, 6.07) is 13.4. The van der Waals surface area contributed by atoms with Crippen LogP contribution in [0.5, 0.6) is 11.5 Å². The minimum Gasteiger partial charge on any atom is -0.457 e. The topological polar surface area (TPSA) is 66.3 Å². The third-order valence-corrected chi connectivity index (χ3v) is 3.22. The average Bonchev–Trinajstić information content (AvgIpc) is 2.81. The van der Waals surface area contributed by atoms with Gasteiger partial charge in [-0.3, -0.25) is 0 Å². The molecule has 0 bridgehead atoms. The molecule has 4 nitrogen and oxygen atoms in total. The van der Waals surface area contributed by atoms with Crippen molar-refractivity contribution in [3.8, 4) is 11.5 Å². The predicted octanol–water partition coefficient (Wildman–Crippen LogP) is 0.438. The molecule has 2 aromatic carbocycles. The second-order valence-electron chi connectivity index (χ2n) is 4.52. The number of quaternary nitrogens is 1. The van der Waals surface area contributed by atoms with E-state index in [9.17, 15) is 5.02 Å². The Hall–Kier alpha value is -1.82. The van der Waals surface area contributed by atoms with Gasteiger partial charge in [0.25, 0.3) is 0 Å². The van der Waals surface area contributed by atoms with Crippen LogP contribution in [-0.4, -0.2) is 12.1 Å². The van der Waals surface area contributed by atoms with E-state index in [4.69, 9.17) is 9.39 Å². The Bertz CT molecular complexity index is 586. The molecule has 2 aromatic rings. The molecule has 0 aromatic heterocycles. The zero-order valence-electron chi connectivity index (χ0n) is 10.5. The number of fused-ring (bicyclic) bond motifs is 1. The molecule has 96 valence electrons. The predicted molar refractivity (Wildman–Crippen MR) is 71.9 cm³/mol. The van der Waals surface area contributed by atoms with Gasteiger partial charge in [0.2, 0.25) is 0 Å². The summed E-state index contributed by atoms with van der Waals surface area (Å²) in [7, 11) is -0.805. The minimum atomic E-state index is -0.805. The summed E-state index contributed by atoms with van der Waals surface area (Å²) in [6.45, 7) is 1.20. The molecule has 0 spiro atoms. The van der Waals surface area contributed by atoms with Crippen molar-refractivity contribution in [1.82, 2.24) is 0 Å². The van der Waals surface area contributed by atoms with Crippen LogP contribution in [-0.2, 0) is 17.8 Å². The lowest BCUT2D eigenvalue weighted by Gasteiger charge is -2.07. The third-order valence-electron chi connectivity index (χ3n) is 3.22. The Morgan fingerprint density at radius 1 is 1.16 bits per heavy atom. The minimum absolute atomic E-state index is 0.425. The molecule has 0 radical (unpaired) electrons. The molecule has 0 atom stereocenters. The Morgan fingerprint density at radius 2 is 1.89 bits per heavy atom. The molecule has 1 aliphatic rings. The number of benzene rings is 2. The van der Waals surface area contributed by atoms with Crippen molar-refractivity contribution in [2.24, 2.45) is 0 Å². The van der Waals surface area contributed by atoms with Gasteiger partial charge in [0.1, 0.15) is 11.5 Å². The van der Waals surface area contributed by atoms with Crippen molar-refractivity contribution in [3.05, 3.63) is 53.6 Å². The molecule has 1 heterocycles. The standard InChI is InChI=1S/C14H14BNO3/c16-8-10-1-3-12(4-2-10)19-13-5-6-14-11(7-13)9-18-15(14)17/h1-7,17H,8-9,16H2/p+1. The number of hydrogen-bond acceptors (Lipinski definition) is 3. The van der Waals surface area contributed by atoms with E-state index in [0.717, 1.165) is 29.1 Å². The normalized spacial score (nSPS) is 13.5. The first kappa shape index (κ1) is 12.2. The Labute approximate surface area is 111 Å². The summed E-state index contributed by atoms with van der Waals surface area (Å²) in [5.74, 6) is 1.54. The summed E-state index contributed by atoms with van der Waals surface area (Å²) in [5.41, 5.74) is 6.81. The molecule has 3 rings (SSSR count). The van der Waals surface area contributed by atoms with Crippen molar-refractivity contribution in [2.75, 3.05) is 0 Å². The fourth-order valence-electron chi connectivity index (χ4n) is 2.13. The van der Waals surface area contributed by atoms with Crippen LogP contribution in [0.3, 0.4) is 0 Å². The lowest BCUT2D eigenvalue weighted by molar-refractivity contribution is -0.386. The zero-order chi connectivity index (χ0) is 13.2. The summed E-state index contributed by atoms with van der Waals surface area (Å²) in [5, 5.41) is 9.55. The quantitative estimate of drug-likeness (QED) is 0.783. The molecule has 0 saturated carbocycles. The number of rotatable bonds is 3. The molecule has 1 aliphatic heterocycles. The highest BCUT2D eigenvalue weighted by molar-refractivity contribution is 6.61. The van der Waals surface area contributed by atoms with E-state index >= 15 is 0 Å². The largest absolute Gasteiger partial charge is 0.491 e. The van der Waals surface area contributed by atoms with E-state index in [-0.39, 0.29) is 0 Å². The highest BCUT2D eigenvalue weighted by atomic mass is 16.5. The lowest BCUT2D eigenvalue weighted by Crippen LogP contribution is -2.47. The van der Waals surface area contributed by atoms with Crippen LogP contribution in [0, 0.1) is 0 Å². The fraction of sp³-hybridized carbons (Fsp3) is 0.143. The molecular formula is C14H15BNO3+. The smallest absolute Gasteiger partial charge is 0.457 e. The first-order valence-electron chi connectivity index (χ1n) is 6.25. The van der Waals surface area contributed by atoms with E-state index in [1.165, 1.54) is 5.56 Å². The van der Waals surface area contributed by atoms with E-state index in [2.05, 4.69) is 5.73 Å². The monoisotopic (exact) mass is 256 g/mol. The van der Waals surface area contributed by atoms with Crippen LogP contribution in [0.2, 0.25) is 0 Å². The van der Waals surface area contributed by atoms with Crippen LogP contribution >= 0.6 is 0 Å². The molecule has 4 N–H and O–H groups in total. The van der Waals surface area contributed by atoms with Gasteiger partial charge in [-0.15, -0.1) is 0 Å². The summed E-state index contributed by atoms with van der Waals surface area (Å²) in [4.78, 5) is 0. The van der Waals surface area contributed by atoms with Crippen LogP contribution in [0.1, 0.15) is 11.1 Å². The number of hydrogen-bond donors (Lipinski definition) is 2. The van der Waals surface area contributed by atoms with Crippen LogP contribution in [0.4, 0.5) is 0 Å². The maximum absolute atomic E-state index is 9.55. The summed E-state index contributed by atoms with van der Waals surface area (Å²) < 4.78 is 10.9. The van der Waals surface area contributed by atoms with Crippen molar-refractivity contribution in [1.29, 1.82) is 0 Å². The summed E-state index contributed by atoms with van der Waals surface area (Å²) >= 11 is 0. The van der Waals surface area contributed by atoms with Gasteiger partial charge in [-0.2, -0.15) is 0 Å². The molecule has 0 unspecified atom stereocenters. The van der Waals surface area contributed by atoms with Gasteiger partial charge < -0.3 is 20.1 Å². The van der Waals surface area contributed by atoms with Crippen LogP contribution < -0.4 is 15.9 Å². The lowest BCUT2D eigenvalue weighted by atomic mass is 9.80. The van der Waals surface area contributed by atoms with Crippen molar-refractivity contribution in [3.63, 3.8) is 0 Å². The van der Waals surface area contributed by atoms with Crippen molar-refractivity contribution >= 4 is 12.6 Å². The Balaban J connectivity index is 1.79. The molecule has 5 heteroatoms. The van der Waals surface area contributed by atoms with Gasteiger partial charge in [0.15, 0.2) is 0 Å². The molecule has 0 aliphatic carbocycles. The van der Waals surface area contributed by atoms with Gasteiger partial charge in [-0.25, -0.2) is 0 Å². The second kappa shape index (κ2) is 5.05. The second-order valence-corrected chi connectivity index (χ2v) is 4.52. The maximum atomic E-state index is 9.55. The van der Waals surface area contributed by atoms with Crippen LogP contribution in [0.15, 0.2) is 42.5 Å². The first-order chi connectivity index (χ1) is 9.26. The third kappa shape index (κ3) is 2.49. The van der Waals surface area contributed by atoms with Gasteiger partial charge in [-0.1, -0.05) is 6.07 Å². The van der Waals surface area contributed by atoms with E-state index in [1.807, 2.05) is 42.5 Å². The first-order valence-corrected chi connectivity index (χ1v) is 6.25. The highest BCUT2D eigenvalue weighted by Crippen LogP contribution is 2.23. The van der Waals surface area contributed by atoms with Gasteiger partial charge >= 0.3 is 7.12 Å². The Kier molecular flexibility index (Phi) is 3.25. The van der Waals surface area contributed by atoms with Gasteiger partial charge in [0.05, 0.1) is 13.2 Å². The SMILES string of the molecule is [NH3+]Cc1ccc(Oc2ccc3c(c2)COB3O)cc1. The molecule has 0 saturated heterocycles. The molecule has 0 amide bonds. The Morgan fingerprint density at radius 3 is 2.63 bits per heavy atom. The summed E-state index contributed by atoms with van der Waals surface area (Å²) in [6.07, 6.45) is 0. The van der Waals surface area contributed by atoms with Gasteiger partial charge in [0, 0.05) is 5.56 Å². The van der Waals surface area contributed by atoms with Crippen molar-refractivity contribution < 1.29 is 20.1 Å². The molecule has 19 heavy (non-hydrogen) atoms. The number of ether oxygens (including phenoxy) is 1. The molecule has 0 fully saturated rings. The average molecular weight is 256 g/mol. The van der Waals surface area contributed by atoms with E-state index in [1.54, 1.807) is 0 Å². The zero-order valence-corrected chi connectivity index (χ0v) is 10.5.